The van der Waals surface area contributed by atoms with Crippen molar-refractivity contribution in [2.24, 2.45) is 10.9 Å². The van der Waals surface area contributed by atoms with Gasteiger partial charge in [0.1, 0.15) is 0 Å². The molecule has 0 bridgehead atoms. The normalized spacial score (nSPS) is 16.0. The third-order valence-electron chi connectivity index (χ3n) is 5.40. The zero-order chi connectivity index (χ0) is 22.8. The van der Waals surface area contributed by atoms with E-state index in [4.69, 9.17) is 9.47 Å². The Morgan fingerprint density at radius 1 is 1.15 bits per heavy atom. The summed E-state index contributed by atoms with van der Waals surface area (Å²) in [5.41, 5.74) is 2.05. The average Bonchev–Trinajstić information content (AvgIpc) is 3.26. The number of guanidine groups is 1. The van der Waals surface area contributed by atoms with Crippen molar-refractivity contribution in [3.63, 3.8) is 0 Å². The van der Waals surface area contributed by atoms with Crippen LogP contribution in [0.5, 0.6) is 11.5 Å². The summed E-state index contributed by atoms with van der Waals surface area (Å²) < 4.78 is 40.8. The predicted molar refractivity (Wildman–Crippen MR) is 136 cm³/mol. The second-order valence-electron chi connectivity index (χ2n) is 7.69. The lowest BCUT2D eigenvalue weighted by molar-refractivity contribution is -0.0512. The monoisotopic (exact) mass is 575 g/mol. The predicted octanol–water partition coefficient (Wildman–Crippen LogP) is 4.57. The van der Waals surface area contributed by atoms with Gasteiger partial charge in [0.2, 0.25) is 0 Å². The standard InChI is InChI=1S/C24H31F2N3O3.HI/c1-27-24(28-12-10-18-8-9-21(30-2)22(14-18)32-23(25)26)29-13-11-20(15-29)17-31-16-19-6-4-3-5-7-19;/h3-9,14,20,23H,10-13,15-17H2,1-2H3,(H,27,28);1H. The van der Waals surface area contributed by atoms with Crippen LogP contribution in [0, 0.1) is 5.92 Å². The van der Waals surface area contributed by atoms with Gasteiger partial charge in [0.05, 0.1) is 20.3 Å². The molecule has 33 heavy (non-hydrogen) atoms. The Hall–Kier alpha value is -2.14. The molecule has 1 aliphatic heterocycles. The molecule has 1 fully saturated rings. The molecule has 1 N–H and O–H groups in total. The van der Waals surface area contributed by atoms with Crippen LogP contribution in [0.15, 0.2) is 53.5 Å². The summed E-state index contributed by atoms with van der Waals surface area (Å²) in [6, 6.07) is 15.2. The fourth-order valence-corrected chi connectivity index (χ4v) is 3.79. The summed E-state index contributed by atoms with van der Waals surface area (Å²) in [7, 11) is 3.19. The molecular formula is C24H32F2IN3O3. The first-order valence-electron chi connectivity index (χ1n) is 10.8. The molecule has 6 nitrogen and oxygen atoms in total. The molecular weight excluding hydrogens is 543 g/mol. The SMILES string of the molecule is CN=C(NCCc1ccc(OC)c(OC(F)F)c1)N1CCC(COCc2ccccc2)C1.I. The number of likely N-dealkylation sites (tertiary alicyclic amines) is 1. The van der Waals surface area contributed by atoms with Crippen LogP contribution in [-0.4, -0.2) is 57.9 Å². The second-order valence-corrected chi connectivity index (χ2v) is 7.69. The Morgan fingerprint density at radius 2 is 1.94 bits per heavy atom. The Kier molecular flexibility index (Phi) is 11.7. The number of nitrogens with zero attached hydrogens (tertiary/aromatic N) is 2. The van der Waals surface area contributed by atoms with E-state index in [1.807, 2.05) is 24.3 Å². The molecule has 0 amide bonds. The highest BCUT2D eigenvalue weighted by molar-refractivity contribution is 14.0. The number of nitrogens with one attached hydrogen (secondary N) is 1. The molecule has 0 spiro atoms. The maximum absolute atomic E-state index is 12.6. The van der Waals surface area contributed by atoms with E-state index in [1.165, 1.54) is 12.7 Å². The van der Waals surface area contributed by atoms with Gasteiger partial charge in [-0.15, -0.1) is 24.0 Å². The molecule has 3 rings (SSSR count). The fourth-order valence-electron chi connectivity index (χ4n) is 3.79. The first-order chi connectivity index (χ1) is 15.6. The van der Waals surface area contributed by atoms with Gasteiger partial charge < -0.3 is 24.4 Å². The van der Waals surface area contributed by atoms with Crippen LogP contribution >= 0.6 is 24.0 Å². The zero-order valence-corrected chi connectivity index (χ0v) is 21.3. The summed E-state index contributed by atoms with van der Waals surface area (Å²) in [5, 5.41) is 3.37. The second kappa shape index (κ2) is 14.2. The van der Waals surface area contributed by atoms with Gasteiger partial charge in [0.15, 0.2) is 17.5 Å². The maximum atomic E-state index is 12.6. The number of ether oxygens (including phenoxy) is 3. The van der Waals surface area contributed by atoms with Gasteiger partial charge in [-0.3, -0.25) is 4.99 Å². The van der Waals surface area contributed by atoms with Crippen LogP contribution in [-0.2, 0) is 17.8 Å². The topological polar surface area (TPSA) is 55.3 Å². The molecule has 0 saturated carbocycles. The van der Waals surface area contributed by atoms with Crippen LogP contribution in [0.1, 0.15) is 17.5 Å². The molecule has 182 valence electrons. The van der Waals surface area contributed by atoms with Gasteiger partial charge in [-0.1, -0.05) is 36.4 Å². The van der Waals surface area contributed by atoms with Gasteiger partial charge in [-0.2, -0.15) is 8.78 Å². The van der Waals surface area contributed by atoms with Crippen LogP contribution < -0.4 is 14.8 Å². The van der Waals surface area contributed by atoms with Crippen molar-refractivity contribution in [1.82, 2.24) is 10.2 Å². The fraction of sp³-hybridized carbons (Fsp3) is 0.458. The molecule has 1 heterocycles. The van der Waals surface area contributed by atoms with Crippen LogP contribution in [0.25, 0.3) is 0 Å². The quantitative estimate of drug-likeness (QED) is 0.256. The Morgan fingerprint density at radius 3 is 2.64 bits per heavy atom. The number of aliphatic imine (C=N–C) groups is 1. The van der Waals surface area contributed by atoms with E-state index in [1.54, 1.807) is 19.2 Å². The molecule has 1 aliphatic rings. The van der Waals surface area contributed by atoms with Crippen molar-refractivity contribution >= 4 is 29.9 Å². The third kappa shape index (κ3) is 8.62. The van der Waals surface area contributed by atoms with Crippen molar-refractivity contribution in [3.05, 3.63) is 59.7 Å². The molecule has 0 aromatic heterocycles. The molecule has 1 atom stereocenters. The summed E-state index contributed by atoms with van der Waals surface area (Å²) in [4.78, 5) is 6.63. The number of alkyl halides is 2. The smallest absolute Gasteiger partial charge is 0.387 e. The maximum Gasteiger partial charge on any atom is 0.387 e. The summed E-state index contributed by atoms with van der Waals surface area (Å²) >= 11 is 0. The minimum absolute atomic E-state index is 0. The van der Waals surface area contributed by atoms with Gasteiger partial charge in [0.25, 0.3) is 0 Å². The number of rotatable bonds is 10. The Bertz CT molecular complexity index is 871. The molecule has 2 aromatic rings. The van der Waals surface area contributed by atoms with Crippen LogP contribution in [0.2, 0.25) is 0 Å². The van der Waals surface area contributed by atoms with E-state index in [0.717, 1.165) is 37.6 Å². The number of hydrogen-bond donors (Lipinski definition) is 1. The summed E-state index contributed by atoms with van der Waals surface area (Å²) in [5.74, 6) is 1.64. The van der Waals surface area contributed by atoms with E-state index < -0.39 is 6.61 Å². The Labute approximate surface area is 211 Å². The van der Waals surface area contributed by atoms with Gasteiger partial charge in [-0.25, -0.2) is 0 Å². The zero-order valence-electron chi connectivity index (χ0n) is 19.0. The summed E-state index contributed by atoms with van der Waals surface area (Å²) in [6.07, 6.45) is 1.70. The van der Waals surface area contributed by atoms with Gasteiger partial charge in [-0.05, 0) is 36.1 Å². The third-order valence-corrected chi connectivity index (χ3v) is 5.40. The van der Waals surface area contributed by atoms with E-state index in [-0.39, 0.29) is 35.5 Å². The van der Waals surface area contributed by atoms with E-state index in [2.05, 4.69) is 32.1 Å². The molecule has 9 heteroatoms. The largest absolute Gasteiger partial charge is 0.493 e. The average molecular weight is 575 g/mol. The lowest BCUT2D eigenvalue weighted by Crippen LogP contribution is -2.41. The number of halogens is 3. The van der Waals surface area contributed by atoms with E-state index in [0.29, 0.717) is 25.5 Å². The van der Waals surface area contributed by atoms with Crippen LogP contribution in [0.3, 0.4) is 0 Å². The molecule has 1 saturated heterocycles. The van der Waals surface area contributed by atoms with Gasteiger partial charge >= 0.3 is 6.61 Å². The lowest BCUT2D eigenvalue weighted by atomic mass is 10.1. The van der Waals surface area contributed by atoms with Crippen molar-refractivity contribution in [2.75, 3.05) is 40.4 Å². The molecule has 2 aromatic carbocycles. The minimum Gasteiger partial charge on any atom is -0.493 e. The highest BCUT2D eigenvalue weighted by atomic mass is 127. The first-order valence-corrected chi connectivity index (χ1v) is 10.8. The molecule has 0 aliphatic carbocycles. The van der Waals surface area contributed by atoms with Crippen molar-refractivity contribution < 1.29 is 23.0 Å². The number of methoxy groups -OCH3 is 1. The minimum atomic E-state index is -2.89. The number of benzene rings is 2. The van der Waals surface area contributed by atoms with Crippen molar-refractivity contribution in [2.45, 2.75) is 26.1 Å². The van der Waals surface area contributed by atoms with E-state index >= 15 is 0 Å². The first kappa shape index (κ1) is 27.1. The molecule has 1 unspecified atom stereocenters. The lowest BCUT2D eigenvalue weighted by Gasteiger charge is -2.22. The van der Waals surface area contributed by atoms with Crippen molar-refractivity contribution in [3.8, 4) is 11.5 Å². The van der Waals surface area contributed by atoms with Gasteiger partial charge in [0, 0.05) is 32.6 Å². The number of hydrogen-bond acceptors (Lipinski definition) is 4. The van der Waals surface area contributed by atoms with E-state index in [9.17, 15) is 8.78 Å². The highest BCUT2D eigenvalue weighted by Crippen LogP contribution is 2.29. The molecule has 0 radical (unpaired) electrons. The Balaban J connectivity index is 0.00000385. The van der Waals surface area contributed by atoms with Crippen molar-refractivity contribution in [1.29, 1.82) is 0 Å². The van der Waals surface area contributed by atoms with Crippen LogP contribution in [0.4, 0.5) is 8.78 Å². The highest BCUT2D eigenvalue weighted by Gasteiger charge is 2.25. The summed E-state index contributed by atoms with van der Waals surface area (Å²) in [6.45, 7) is 0.900.